The molecule has 2 N–H and O–H groups in total. The highest BCUT2D eigenvalue weighted by Crippen LogP contribution is 2.31. The molecule has 1 aromatic rings. The Morgan fingerprint density at radius 2 is 2.11 bits per heavy atom. The number of methoxy groups -OCH3 is 1. The molecule has 98 valence electrons. The summed E-state index contributed by atoms with van der Waals surface area (Å²) >= 11 is 0. The maximum Gasteiger partial charge on any atom is 0.247 e. The van der Waals surface area contributed by atoms with Gasteiger partial charge in [-0.05, 0) is 18.6 Å². The van der Waals surface area contributed by atoms with Gasteiger partial charge in [-0.1, -0.05) is 12.1 Å². The molecule has 2 rings (SSSR count). The van der Waals surface area contributed by atoms with E-state index in [1.165, 1.54) is 13.2 Å². The summed E-state index contributed by atoms with van der Waals surface area (Å²) in [5, 5.41) is 0. The minimum atomic E-state index is -3.73. The van der Waals surface area contributed by atoms with Crippen molar-refractivity contribution in [3.63, 3.8) is 0 Å². The molecule has 7 heteroatoms. The summed E-state index contributed by atoms with van der Waals surface area (Å²) < 4.78 is 30.8. The van der Waals surface area contributed by atoms with E-state index in [1.807, 2.05) is 0 Å². The Labute approximate surface area is 105 Å². The van der Waals surface area contributed by atoms with Crippen LogP contribution in [0.15, 0.2) is 29.2 Å². The zero-order chi connectivity index (χ0) is 13.3. The average Bonchev–Trinajstić information content (AvgIpc) is 2.26. The van der Waals surface area contributed by atoms with E-state index in [1.54, 1.807) is 18.2 Å². The first kappa shape index (κ1) is 12.8. The van der Waals surface area contributed by atoms with E-state index in [2.05, 4.69) is 0 Å². The number of nitrogens with zero attached hydrogens (tertiary/aromatic N) is 1. The summed E-state index contributed by atoms with van der Waals surface area (Å²) in [4.78, 5) is 11.2. The third-order valence-corrected chi connectivity index (χ3v) is 4.90. The van der Waals surface area contributed by atoms with Gasteiger partial charge >= 0.3 is 0 Å². The summed E-state index contributed by atoms with van der Waals surface area (Å²) in [7, 11) is -2.33. The fourth-order valence-electron chi connectivity index (χ4n) is 1.89. The number of primary amides is 1. The van der Waals surface area contributed by atoms with E-state index in [9.17, 15) is 13.2 Å². The Hall–Kier alpha value is -1.60. The second-order valence-electron chi connectivity index (χ2n) is 3.97. The Morgan fingerprint density at radius 1 is 1.44 bits per heavy atom. The molecule has 1 heterocycles. The van der Waals surface area contributed by atoms with Gasteiger partial charge in [0.2, 0.25) is 15.9 Å². The van der Waals surface area contributed by atoms with Crippen LogP contribution in [0.2, 0.25) is 0 Å². The van der Waals surface area contributed by atoms with Gasteiger partial charge in [0.05, 0.1) is 7.11 Å². The molecule has 1 saturated heterocycles. The first-order valence-corrected chi connectivity index (χ1v) is 6.86. The normalized spacial score (nSPS) is 20.2. The number of hydrogen-bond acceptors (Lipinski definition) is 4. The van der Waals surface area contributed by atoms with Gasteiger partial charge in [-0.2, -0.15) is 4.31 Å². The highest BCUT2D eigenvalue weighted by Gasteiger charge is 2.42. The Bertz CT molecular complexity index is 570. The standard InChI is InChI=1S/C11H14N2O4S/c1-17-9-4-2-3-5-10(9)18(15,16)13-7-6-8(13)11(12)14/h2-5,8H,6-7H2,1H3,(H2,12,14). The van der Waals surface area contributed by atoms with Gasteiger partial charge in [0, 0.05) is 6.54 Å². The highest BCUT2D eigenvalue weighted by molar-refractivity contribution is 7.89. The number of carbonyl (C=O) groups excluding carboxylic acids is 1. The van der Waals surface area contributed by atoms with Crippen molar-refractivity contribution in [2.24, 2.45) is 5.73 Å². The van der Waals surface area contributed by atoms with Crippen LogP contribution in [0, 0.1) is 0 Å². The molecule has 6 nitrogen and oxygen atoms in total. The molecule has 0 aliphatic carbocycles. The number of carbonyl (C=O) groups is 1. The number of ether oxygens (including phenoxy) is 1. The number of para-hydroxylation sites is 1. The van der Waals surface area contributed by atoms with Gasteiger partial charge in [0.1, 0.15) is 16.7 Å². The lowest BCUT2D eigenvalue weighted by Crippen LogP contribution is -2.57. The molecule has 0 bridgehead atoms. The number of sulfonamides is 1. The number of rotatable bonds is 4. The van der Waals surface area contributed by atoms with Gasteiger partial charge in [-0.15, -0.1) is 0 Å². The molecule has 1 aromatic carbocycles. The summed E-state index contributed by atoms with van der Waals surface area (Å²) in [5.41, 5.74) is 5.16. The monoisotopic (exact) mass is 270 g/mol. The lowest BCUT2D eigenvalue weighted by atomic mass is 10.1. The van der Waals surface area contributed by atoms with E-state index >= 15 is 0 Å². The van der Waals surface area contributed by atoms with Crippen LogP contribution >= 0.6 is 0 Å². The first-order chi connectivity index (χ1) is 8.48. The molecule has 1 amide bonds. The predicted octanol–water partition coefficient (Wildman–Crippen LogP) is -0.0565. The van der Waals surface area contributed by atoms with Gasteiger partial charge in [0.25, 0.3) is 0 Å². The lowest BCUT2D eigenvalue weighted by Gasteiger charge is -2.37. The van der Waals surface area contributed by atoms with Gasteiger partial charge in [0.15, 0.2) is 0 Å². The van der Waals surface area contributed by atoms with Crippen LogP contribution in [0.1, 0.15) is 6.42 Å². The first-order valence-electron chi connectivity index (χ1n) is 5.42. The maximum absolute atomic E-state index is 12.3. The Balaban J connectivity index is 2.40. The largest absolute Gasteiger partial charge is 0.495 e. The second kappa shape index (κ2) is 4.58. The topological polar surface area (TPSA) is 89.7 Å². The summed E-state index contributed by atoms with van der Waals surface area (Å²) in [6, 6.07) is 5.55. The predicted molar refractivity (Wildman–Crippen MR) is 64.5 cm³/mol. The minimum absolute atomic E-state index is 0.0541. The SMILES string of the molecule is COc1ccccc1S(=O)(=O)N1CCC1C(N)=O. The van der Waals surface area contributed by atoms with E-state index in [0.29, 0.717) is 13.0 Å². The van der Waals surface area contributed by atoms with Crippen LogP contribution in [-0.2, 0) is 14.8 Å². The van der Waals surface area contributed by atoms with Crippen molar-refractivity contribution in [1.82, 2.24) is 4.31 Å². The van der Waals surface area contributed by atoms with E-state index in [0.717, 1.165) is 4.31 Å². The van der Waals surface area contributed by atoms with Crippen molar-refractivity contribution in [3.05, 3.63) is 24.3 Å². The van der Waals surface area contributed by atoms with Gasteiger partial charge in [-0.3, -0.25) is 4.79 Å². The van der Waals surface area contributed by atoms with Crippen LogP contribution in [0.25, 0.3) is 0 Å². The maximum atomic E-state index is 12.3. The summed E-state index contributed by atoms with van der Waals surface area (Å²) in [5.74, 6) is -0.368. The van der Waals surface area contributed by atoms with Gasteiger partial charge in [-0.25, -0.2) is 8.42 Å². The fraction of sp³-hybridized carbons (Fsp3) is 0.364. The van der Waals surface area contributed by atoms with E-state index in [4.69, 9.17) is 10.5 Å². The molecule has 1 fully saturated rings. The lowest BCUT2D eigenvalue weighted by molar-refractivity contribution is -0.124. The fourth-order valence-corrected chi connectivity index (χ4v) is 3.69. The van der Waals surface area contributed by atoms with Crippen molar-refractivity contribution < 1.29 is 17.9 Å². The van der Waals surface area contributed by atoms with Crippen molar-refractivity contribution in [3.8, 4) is 5.75 Å². The summed E-state index contributed by atoms with van der Waals surface area (Å²) in [6.45, 7) is 0.300. The second-order valence-corrected chi connectivity index (χ2v) is 5.83. The minimum Gasteiger partial charge on any atom is -0.495 e. The van der Waals surface area contributed by atoms with E-state index in [-0.39, 0.29) is 10.6 Å². The number of amides is 1. The third kappa shape index (κ3) is 1.95. The molecular formula is C11H14N2O4S. The number of hydrogen-bond donors (Lipinski definition) is 1. The number of benzene rings is 1. The van der Waals surface area contributed by atoms with Crippen molar-refractivity contribution in [2.75, 3.05) is 13.7 Å². The number of nitrogens with two attached hydrogens (primary N) is 1. The van der Waals surface area contributed by atoms with Crippen LogP contribution in [0.4, 0.5) is 0 Å². The van der Waals surface area contributed by atoms with Gasteiger partial charge < -0.3 is 10.5 Å². The molecule has 1 aliphatic rings. The molecule has 1 aliphatic heterocycles. The summed E-state index contributed by atoms with van der Waals surface area (Å²) in [6.07, 6.45) is 0.462. The molecule has 1 unspecified atom stereocenters. The molecule has 0 radical (unpaired) electrons. The zero-order valence-electron chi connectivity index (χ0n) is 9.87. The van der Waals surface area contributed by atoms with Crippen LogP contribution in [0.5, 0.6) is 5.75 Å². The molecule has 0 spiro atoms. The average molecular weight is 270 g/mol. The third-order valence-electron chi connectivity index (χ3n) is 2.95. The molecule has 1 atom stereocenters. The quantitative estimate of drug-likeness (QED) is 0.830. The van der Waals surface area contributed by atoms with Crippen LogP contribution in [0.3, 0.4) is 0 Å². The smallest absolute Gasteiger partial charge is 0.247 e. The van der Waals surface area contributed by atoms with Crippen LogP contribution in [-0.4, -0.2) is 38.3 Å². The Morgan fingerprint density at radius 3 is 2.61 bits per heavy atom. The van der Waals surface area contributed by atoms with E-state index < -0.39 is 22.0 Å². The van der Waals surface area contributed by atoms with Crippen molar-refractivity contribution in [1.29, 1.82) is 0 Å². The van der Waals surface area contributed by atoms with Crippen molar-refractivity contribution in [2.45, 2.75) is 17.4 Å². The molecular weight excluding hydrogens is 256 g/mol. The highest BCUT2D eigenvalue weighted by atomic mass is 32.2. The zero-order valence-corrected chi connectivity index (χ0v) is 10.7. The van der Waals surface area contributed by atoms with Crippen LogP contribution < -0.4 is 10.5 Å². The molecule has 18 heavy (non-hydrogen) atoms. The Kier molecular flexibility index (Phi) is 3.27. The molecule has 0 saturated carbocycles. The molecule has 0 aromatic heterocycles. The van der Waals surface area contributed by atoms with Crippen molar-refractivity contribution >= 4 is 15.9 Å².